The Bertz CT molecular complexity index is 825. The second-order valence-corrected chi connectivity index (χ2v) is 7.32. The molecule has 0 atom stereocenters. The largest absolute Gasteiger partial charge is 0.441 e. The van der Waals surface area contributed by atoms with Crippen molar-refractivity contribution in [3.05, 3.63) is 59.1 Å². The van der Waals surface area contributed by atoms with Gasteiger partial charge in [-0.15, -0.1) is 5.10 Å². The molecular formula is C18H17BrN4O2S. The number of ether oxygens (including phenoxy) is 1. The van der Waals surface area contributed by atoms with Crippen LogP contribution >= 0.6 is 27.7 Å². The van der Waals surface area contributed by atoms with Crippen LogP contribution in [0.15, 0.2) is 69.2 Å². The van der Waals surface area contributed by atoms with E-state index in [-0.39, 0.29) is 11.7 Å². The summed E-state index contributed by atoms with van der Waals surface area (Å²) < 4.78 is 6.79. The molecule has 1 amide bonds. The Labute approximate surface area is 164 Å². The molecule has 6 nitrogen and oxygen atoms in total. The van der Waals surface area contributed by atoms with Crippen molar-refractivity contribution in [1.82, 2.24) is 5.01 Å². The summed E-state index contributed by atoms with van der Waals surface area (Å²) in [6.07, 6.45) is 0. The van der Waals surface area contributed by atoms with Gasteiger partial charge in [-0.25, -0.2) is 0 Å². The molecule has 0 bridgehead atoms. The summed E-state index contributed by atoms with van der Waals surface area (Å²) in [5.74, 6) is 1.35. The van der Waals surface area contributed by atoms with E-state index in [1.807, 2.05) is 61.6 Å². The number of halogens is 1. The first-order chi connectivity index (χ1) is 12.6. The standard InChI is InChI=1S/C18H17BrN4O2S/c1-23-11-17(25-15-9-7-13(19)8-10-15)21-18(22-23)26-12-16(24)20-14-5-3-2-4-6-14/h2-10H,11-12H2,1H3,(H,20,24). The number of amidine groups is 1. The van der Waals surface area contributed by atoms with Gasteiger partial charge in [0.05, 0.1) is 5.75 Å². The Kier molecular flexibility index (Phi) is 6.30. The number of nitrogens with zero attached hydrogens (tertiary/aromatic N) is 3. The number of nitrogens with one attached hydrogen (secondary N) is 1. The Balaban J connectivity index is 1.57. The van der Waals surface area contributed by atoms with E-state index in [0.717, 1.165) is 10.2 Å². The molecular weight excluding hydrogens is 416 g/mol. The number of benzene rings is 2. The molecule has 0 saturated carbocycles. The average molecular weight is 433 g/mol. The van der Waals surface area contributed by atoms with Crippen LogP contribution in [0.25, 0.3) is 0 Å². The summed E-state index contributed by atoms with van der Waals surface area (Å²) in [6.45, 7) is 0.469. The van der Waals surface area contributed by atoms with Gasteiger partial charge in [-0.3, -0.25) is 9.80 Å². The second kappa shape index (κ2) is 8.86. The lowest BCUT2D eigenvalue weighted by molar-refractivity contribution is -0.113. The zero-order chi connectivity index (χ0) is 18.4. The van der Waals surface area contributed by atoms with Gasteiger partial charge in [-0.05, 0) is 36.4 Å². The molecule has 3 rings (SSSR count). The third-order valence-corrected chi connectivity index (χ3v) is 4.65. The summed E-state index contributed by atoms with van der Waals surface area (Å²) in [5, 5.41) is 9.39. The van der Waals surface area contributed by atoms with Crippen LogP contribution in [-0.2, 0) is 4.79 Å². The number of amides is 1. The van der Waals surface area contributed by atoms with Crippen LogP contribution in [0.2, 0.25) is 0 Å². The third kappa shape index (κ3) is 5.60. The number of thioether (sulfide) groups is 1. The van der Waals surface area contributed by atoms with Crippen LogP contribution in [0.1, 0.15) is 0 Å². The zero-order valence-electron chi connectivity index (χ0n) is 14.1. The number of para-hydroxylation sites is 1. The Morgan fingerprint density at radius 2 is 1.96 bits per heavy atom. The molecule has 0 aromatic heterocycles. The first-order valence-electron chi connectivity index (χ1n) is 7.87. The molecule has 0 fully saturated rings. The van der Waals surface area contributed by atoms with Gasteiger partial charge < -0.3 is 10.1 Å². The van der Waals surface area contributed by atoms with E-state index in [0.29, 0.717) is 23.4 Å². The van der Waals surface area contributed by atoms with Crippen molar-refractivity contribution in [3.8, 4) is 5.75 Å². The lowest BCUT2D eigenvalue weighted by Crippen LogP contribution is -2.31. The van der Waals surface area contributed by atoms with E-state index in [1.54, 1.807) is 5.01 Å². The number of likely N-dealkylation sites (N-methyl/N-ethyl adjacent to an activating group) is 1. The van der Waals surface area contributed by atoms with E-state index in [4.69, 9.17) is 4.74 Å². The highest BCUT2D eigenvalue weighted by atomic mass is 79.9. The van der Waals surface area contributed by atoms with Gasteiger partial charge in [0.1, 0.15) is 12.3 Å². The van der Waals surface area contributed by atoms with Crippen LogP contribution in [0.4, 0.5) is 5.69 Å². The highest BCUT2D eigenvalue weighted by molar-refractivity contribution is 9.10. The summed E-state index contributed by atoms with van der Waals surface area (Å²) in [4.78, 5) is 16.5. The molecule has 2 aromatic rings. The Morgan fingerprint density at radius 3 is 2.69 bits per heavy atom. The molecule has 0 aliphatic carbocycles. The minimum atomic E-state index is -0.109. The minimum Gasteiger partial charge on any atom is -0.441 e. The first kappa shape index (κ1) is 18.5. The molecule has 1 heterocycles. The van der Waals surface area contributed by atoms with Gasteiger partial charge in [0.25, 0.3) is 0 Å². The third-order valence-electron chi connectivity index (χ3n) is 3.28. The van der Waals surface area contributed by atoms with Crippen LogP contribution in [0, 0.1) is 0 Å². The Morgan fingerprint density at radius 1 is 1.23 bits per heavy atom. The fourth-order valence-corrected chi connectivity index (χ4v) is 3.11. The number of anilines is 1. The van der Waals surface area contributed by atoms with E-state index in [1.165, 1.54) is 11.8 Å². The average Bonchev–Trinajstić information content (AvgIpc) is 2.62. The number of aliphatic imine (C=N–C) groups is 1. The molecule has 0 unspecified atom stereocenters. The fraction of sp³-hybridized carbons (Fsp3) is 0.167. The molecule has 134 valence electrons. The van der Waals surface area contributed by atoms with Crippen molar-refractivity contribution in [2.45, 2.75) is 0 Å². The summed E-state index contributed by atoms with van der Waals surface area (Å²) >= 11 is 4.66. The van der Waals surface area contributed by atoms with Gasteiger partial charge in [-0.1, -0.05) is 45.9 Å². The van der Waals surface area contributed by atoms with Gasteiger partial charge >= 0.3 is 0 Å². The van der Waals surface area contributed by atoms with Crippen molar-refractivity contribution in [2.75, 3.05) is 24.7 Å². The number of rotatable bonds is 4. The number of hydrogen-bond acceptors (Lipinski definition) is 6. The van der Waals surface area contributed by atoms with E-state index >= 15 is 0 Å². The zero-order valence-corrected chi connectivity index (χ0v) is 16.5. The maximum absolute atomic E-state index is 12.1. The van der Waals surface area contributed by atoms with E-state index < -0.39 is 0 Å². The molecule has 1 aliphatic rings. The van der Waals surface area contributed by atoms with Crippen LogP contribution in [-0.4, -0.2) is 41.3 Å². The first-order valence-corrected chi connectivity index (χ1v) is 9.65. The number of hydrogen-bond donors (Lipinski definition) is 1. The highest BCUT2D eigenvalue weighted by Gasteiger charge is 2.16. The number of hydrazone groups is 1. The summed E-state index contributed by atoms with van der Waals surface area (Å²) in [7, 11) is 1.84. The van der Waals surface area contributed by atoms with Gasteiger partial charge in [0, 0.05) is 17.2 Å². The molecule has 2 aromatic carbocycles. The van der Waals surface area contributed by atoms with Crippen molar-refractivity contribution in [1.29, 1.82) is 0 Å². The predicted octanol–water partition coefficient (Wildman–Crippen LogP) is 3.81. The molecule has 0 saturated heterocycles. The van der Waals surface area contributed by atoms with Crippen LogP contribution in [0.5, 0.6) is 5.75 Å². The molecule has 1 N–H and O–H groups in total. The van der Waals surface area contributed by atoms with E-state index in [9.17, 15) is 4.79 Å². The molecule has 0 spiro atoms. The van der Waals surface area contributed by atoms with E-state index in [2.05, 4.69) is 31.3 Å². The van der Waals surface area contributed by atoms with Crippen molar-refractivity contribution >= 4 is 50.4 Å². The highest BCUT2D eigenvalue weighted by Crippen LogP contribution is 2.18. The van der Waals surface area contributed by atoms with Crippen molar-refractivity contribution < 1.29 is 9.53 Å². The Hall–Kier alpha value is -2.32. The molecule has 8 heteroatoms. The van der Waals surface area contributed by atoms with Crippen LogP contribution < -0.4 is 10.1 Å². The maximum atomic E-state index is 12.1. The topological polar surface area (TPSA) is 66.3 Å². The molecule has 1 aliphatic heterocycles. The van der Waals surface area contributed by atoms with Crippen molar-refractivity contribution in [2.24, 2.45) is 10.1 Å². The maximum Gasteiger partial charge on any atom is 0.234 e. The lowest BCUT2D eigenvalue weighted by Gasteiger charge is -2.20. The second-order valence-electron chi connectivity index (χ2n) is 5.46. The summed E-state index contributed by atoms with van der Waals surface area (Å²) in [6, 6.07) is 16.9. The SMILES string of the molecule is CN1CC(Oc2ccc(Br)cc2)=NC(SCC(=O)Nc2ccccc2)=N1. The number of carbonyl (C=O) groups excluding carboxylic acids is 1. The monoisotopic (exact) mass is 432 g/mol. The predicted molar refractivity (Wildman–Crippen MR) is 110 cm³/mol. The van der Waals surface area contributed by atoms with Crippen molar-refractivity contribution in [3.63, 3.8) is 0 Å². The van der Waals surface area contributed by atoms with Gasteiger partial charge in [0.2, 0.25) is 17.0 Å². The summed E-state index contributed by atoms with van der Waals surface area (Å²) in [5.41, 5.74) is 0.767. The molecule has 0 radical (unpaired) electrons. The fourth-order valence-electron chi connectivity index (χ4n) is 2.15. The number of carbonyl (C=O) groups is 1. The van der Waals surface area contributed by atoms with Gasteiger partial charge in [0.15, 0.2) is 0 Å². The van der Waals surface area contributed by atoms with Crippen LogP contribution in [0.3, 0.4) is 0 Å². The normalized spacial score (nSPS) is 13.7. The smallest absolute Gasteiger partial charge is 0.234 e. The minimum absolute atomic E-state index is 0.109. The molecule has 26 heavy (non-hydrogen) atoms. The lowest BCUT2D eigenvalue weighted by atomic mass is 10.3. The van der Waals surface area contributed by atoms with Gasteiger partial charge in [-0.2, -0.15) is 4.99 Å². The quantitative estimate of drug-likeness (QED) is 0.797.